The van der Waals surface area contributed by atoms with Gasteiger partial charge in [0.05, 0.1) is 10.9 Å². The number of fused-ring (bicyclic) bond motifs is 1. The Morgan fingerprint density at radius 2 is 1.93 bits per heavy atom. The summed E-state index contributed by atoms with van der Waals surface area (Å²) in [7, 11) is 0. The predicted octanol–water partition coefficient (Wildman–Crippen LogP) is 0.918. The average Bonchev–Trinajstić information content (AvgIpc) is 2.12. The van der Waals surface area contributed by atoms with E-state index in [1.54, 1.807) is 0 Å². The molecular formula is C7H3Cl2N3O2. The monoisotopic (exact) mass is 231 g/mol. The number of aromatic amines is 2. The lowest BCUT2D eigenvalue weighted by Gasteiger charge is -1.99. The van der Waals surface area contributed by atoms with Gasteiger partial charge in [-0.3, -0.25) is 9.78 Å². The molecule has 0 fully saturated rings. The molecule has 2 rings (SSSR count). The summed E-state index contributed by atoms with van der Waals surface area (Å²) in [6.07, 6.45) is 1.25. The lowest BCUT2D eigenvalue weighted by Crippen LogP contribution is -2.22. The number of H-pyrrole nitrogens is 2. The van der Waals surface area contributed by atoms with E-state index >= 15 is 0 Å². The zero-order valence-corrected chi connectivity index (χ0v) is 8.11. The zero-order valence-electron chi connectivity index (χ0n) is 6.60. The first-order chi connectivity index (χ1) is 6.59. The maximum Gasteiger partial charge on any atom is 0.326 e. The quantitative estimate of drug-likeness (QED) is 0.662. The van der Waals surface area contributed by atoms with E-state index in [0.29, 0.717) is 0 Å². The van der Waals surface area contributed by atoms with Gasteiger partial charge in [0.1, 0.15) is 10.2 Å². The fourth-order valence-corrected chi connectivity index (χ4v) is 1.41. The van der Waals surface area contributed by atoms with Crippen molar-refractivity contribution in [3.63, 3.8) is 0 Å². The van der Waals surface area contributed by atoms with Crippen LogP contribution in [0.15, 0.2) is 15.8 Å². The molecule has 2 N–H and O–H groups in total. The molecule has 0 radical (unpaired) electrons. The number of nitrogens with one attached hydrogen (secondary N) is 2. The minimum Gasteiger partial charge on any atom is -0.305 e. The van der Waals surface area contributed by atoms with Gasteiger partial charge in [-0.1, -0.05) is 23.2 Å². The van der Waals surface area contributed by atoms with Crippen LogP contribution in [0.2, 0.25) is 10.2 Å². The van der Waals surface area contributed by atoms with Gasteiger partial charge >= 0.3 is 5.69 Å². The fourth-order valence-electron chi connectivity index (χ4n) is 1.07. The third kappa shape index (κ3) is 1.30. The Morgan fingerprint density at radius 3 is 2.64 bits per heavy atom. The molecule has 0 aromatic carbocycles. The van der Waals surface area contributed by atoms with Gasteiger partial charge in [0.25, 0.3) is 5.56 Å². The van der Waals surface area contributed by atoms with E-state index < -0.39 is 11.2 Å². The van der Waals surface area contributed by atoms with Crippen molar-refractivity contribution >= 4 is 34.1 Å². The van der Waals surface area contributed by atoms with Crippen LogP contribution in [0, 0.1) is 0 Å². The lowest BCUT2D eigenvalue weighted by molar-refractivity contribution is 1.08. The largest absolute Gasteiger partial charge is 0.326 e. The summed E-state index contributed by atoms with van der Waals surface area (Å²) in [6.45, 7) is 0. The molecule has 5 nitrogen and oxygen atoms in total. The minimum absolute atomic E-state index is 0.0421. The van der Waals surface area contributed by atoms with Crippen molar-refractivity contribution in [1.29, 1.82) is 0 Å². The predicted molar refractivity (Wildman–Crippen MR) is 53.0 cm³/mol. The van der Waals surface area contributed by atoms with Gasteiger partial charge in [-0.15, -0.1) is 0 Å². The zero-order chi connectivity index (χ0) is 10.3. The smallest absolute Gasteiger partial charge is 0.305 e. The van der Waals surface area contributed by atoms with Crippen LogP contribution < -0.4 is 11.2 Å². The average molecular weight is 232 g/mol. The third-order valence-corrected chi connectivity index (χ3v) is 2.44. The Morgan fingerprint density at radius 1 is 1.21 bits per heavy atom. The molecule has 2 aromatic heterocycles. The molecule has 0 aliphatic rings. The summed E-state index contributed by atoms with van der Waals surface area (Å²) in [5.41, 5.74) is -0.984. The molecule has 0 aliphatic carbocycles. The minimum atomic E-state index is -0.633. The molecule has 0 spiro atoms. The number of pyridine rings is 1. The van der Waals surface area contributed by atoms with Gasteiger partial charge in [-0.25, -0.2) is 9.78 Å². The standard InChI is InChI=1S/C7H3Cl2N3O2/c8-3-4-2(1-10-5(3)9)6(13)12-7(14)11-4/h1H,(H2,11,12,13,14). The van der Waals surface area contributed by atoms with E-state index in [1.807, 2.05) is 0 Å². The van der Waals surface area contributed by atoms with Crippen molar-refractivity contribution < 1.29 is 0 Å². The van der Waals surface area contributed by atoms with Crippen molar-refractivity contribution in [2.24, 2.45) is 0 Å². The SMILES string of the molecule is O=c1[nH]c(=O)c2cnc(Cl)c(Cl)c2[nH]1. The number of hydrogen-bond acceptors (Lipinski definition) is 3. The highest BCUT2D eigenvalue weighted by Crippen LogP contribution is 2.24. The summed E-state index contributed by atoms with van der Waals surface area (Å²) >= 11 is 11.4. The lowest BCUT2D eigenvalue weighted by atomic mass is 10.3. The normalized spacial score (nSPS) is 10.7. The van der Waals surface area contributed by atoms with E-state index in [1.165, 1.54) is 6.20 Å². The summed E-state index contributed by atoms with van der Waals surface area (Å²) in [4.78, 5) is 30.3. The summed E-state index contributed by atoms with van der Waals surface area (Å²) in [5, 5.41) is 0.298. The van der Waals surface area contributed by atoms with E-state index in [-0.39, 0.29) is 21.1 Å². The molecule has 7 heteroatoms. The Balaban J connectivity index is 3.10. The first-order valence-electron chi connectivity index (χ1n) is 3.56. The van der Waals surface area contributed by atoms with Crippen LogP contribution in [0.25, 0.3) is 10.9 Å². The van der Waals surface area contributed by atoms with Crippen LogP contribution >= 0.6 is 23.2 Å². The van der Waals surface area contributed by atoms with E-state index in [4.69, 9.17) is 23.2 Å². The van der Waals surface area contributed by atoms with E-state index in [9.17, 15) is 9.59 Å². The highest BCUT2D eigenvalue weighted by molar-refractivity contribution is 6.44. The highest BCUT2D eigenvalue weighted by atomic mass is 35.5. The van der Waals surface area contributed by atoms with Gasteiger partial charge in [-0.05, 0) is 0 Å². The van der Waals surface area contributed by atoms with Crippen LogP contribution in [-0.4, -0.2) is 15.0 Å². The van der Waals surface area contributed by atoms with Crippen LogP contribution in [0.5, 0.6) is 0 Å². The number of rotatable bonds is 0. The van der Waals surface area contributed by atoms with Crippen LogP contribution in [-0.2, 0) is 0 Å². The second-order valence-electron chi connectivity index (χ2n) is 2.56. The van der Waals surface area contributed by atoms with Crippen molar-refractivity contribution in [1.82, 2.24) is 15.0 Å². The molecule has 2 heterocycles. The van der Waals surface area contributed by atoms with Gasteiger partial charge in [-0.2, -0.15) is 0 Å². The molecule has 0 saturated carbocycles. The van der Waals surface area contributed by atoms with Crippen LogP contribution in [0.4, 0.5) is 0 Å². The van der Waals surface area contributed by atoms with Crippen LogP contribution in [0.3, 0.4) is 0 Å². The highest BCUT2D eigenvalue weighted by Gasteiger charge is 2.08. The Hall–Kier alpha value is -1.33. The van der Waals surface area contributed by atoms with Crippen molar-refractivity contribution in [2.75, 3.05) is 0 Å². The number of hydrogen-bond donors (Lipinski definition) is 2. The van der Waals surface area contributed by atoms with Crippen molar-refractivity contribution in [2.45, 2.75) is 0 Å². The fraction of sp³-hybridized carbons (Fsp3) is 0. The molecule has 0 atom stereocenters. The number of halogens is 2. The van der Waals surface area contributed by atoms with Crippen LogP contribution in [0.1, 0.15) is 0 Å². The topological polar surface area (TPSA) is 78.6 Å². The third-order valence-electron chi connectivity index (χ3n) is 1.69. The van der Waals surface area contributed by atoms with Gasteiger partial charge < -0.3 is 4.98 Å². The summed E-state index contributed by atoms with van der Waals surface area (Å²) < 4.78 is 0. The molecule has 0 saturated heterocycles. The second-order valence-corrected chi connectivity index (χ2v) is 3.30. The summed E-state index contributed by atoms with van der Waals surface area (Å²) in [5.74, 6) is 0. The Labute approximate surface area is 86.7 Å². The molecule has 14 heavy (non-hydrogen) atoms. The Bertz CT molecular complexity index is 616. The van der Waals surface area contributed by atoms with Gasteiger partial charge in [0.15, 0.2) is 0 Å². The first-order valence-corrected chi connectivity index (χ1v) is 4.31. The van der Waals surface area contributed by atoms with Gasteiger partial charge in [0, 0.05) is 6.20 Å². The molecule has 0 amide bonds. The summed E-state index contributed by atoms with van der Waals surface area (Å²) in [6, 6.07) is 0. The van der Waals surface area contributed by atoms with Gasteiger partial charge in [0.2, 0.25) is 0 Å². The number of aromatic nitrogens is 3. The maximum atomic E-state index is 11.2. The maximum absolute atomic E-state index is 11.2. The molecular weight excluding hydrogens is 229 g/mol. The van der Waals surface area contributed by atoms with E-state index in [2.05, 4.69) is 15.0 Å². The van der Waals surface area contributed by atoms with Crippen molar-refractivity contribution in [3.05, 3.63) is 37.2 Å². The Kier molecular flexibility index (Phi) is 2.05. The first kappa shape index (κ1) is 9.23. The molecule has 2 aromatic rings. The molecule has 0 bridgehead atoms. The van der Waals surface area contributed by atoms with E-state index in [0.717, 1.165) is 0 Å². The van der Waals surface area contributed by atoms with Crippen molar-refractivity contribution in [3.8, 4) is 0 Å². The second kappa shape index (κ2) is 3.11. The molecule has 0 unspecified atom stereocenters. The molecule has 0 aliphatic heterocycles. The molecule has 72 valence electrons. The number of nitrogens with zero attached hydrogens (tertiary/aromatic N) is 1.